The van der Waals surface area contributed by atoms with Crippen LogP contribution in [0.15, 0.2) is 29.0 Å². The summed E-state index contributed by atoms with van der Waals surface area (Å²) in [6.07, 6.45) is 8.59. The fourth-order valence-electron chi connectivity index (χ4n) is 2.30. The Labute approximate surface area is 90.0 Å². The van der Waals surface area contributed by atoms with Gasteiger partial charge in [0.25, 0.3) is 0 Å². The molecule has 0 radical (unpaired) electrons. The molecule has 0 aromatic heterocycles. The van der Waals surface area contributed by atoms with Crippen molar-refractivity contribution >= 4 is 6.34 Å². The molecule has 0 aromatic rings. The minimum atomic E-state index is 0.568. The monoisotopic (exact) mass is 204 g/mol. The molecule has 3 rings (SSSR count). The van der Waals surface area contributed by atoms with E-state index in [2.05, 4.69) is 38.5 Å². The number of nitrogens with one attached hydrogen (secondary N) is 1. The second-order valence-electron chi connectivity index (χ2n) is 4.17. The summed E-state index contributed by atoms with van der Waals surface area (Å²) in [5.41, 5.74) is 1.41. The van der Waals surface area contributed by atoms with Crippen LogP contribution in [0.2, 0.25) is 0 Å². The number of rotatable bonds is 2. The van der Waals surface area contributed by atoms with E-state index >= 15 is 0 Å². The lowest BCUT2D eigenvalue weighted by Gasteiger charge is -2.23. The Balaban J connectivity index is 1.61. The maximum absolute atomic E-state index is 4.25. The zero-order valence-electron chi connectivity index (χ0n) is 8.76. The second kappa shape index (κ2) is 3.70. The molecule has 4 nitrogen and oxygen atoms in total. The highest BCUT2D eigenvalue weighted by atomic mass is 15.3. The molecule has 0 aromatic carbocycles. The molecule has 0 amide bonds. The van der Waals surface area contributed by atoms with Gasteiger partial charge in [-0.25, -0.2) is 0 Å². The summed E-state index contributed by atoms with van der Waals surface area (Å²) >= 11 is 0. The highest BCUT2D eigenvalue weighted by Gasteiger charge is 2.25. The zero-order valence-corrected chi connectivity index (χ0v) is 8.76. The normalized spacial score (nSPS) is 30.0. The van der Waals surface area contributed by atoms with Crippen molar-refractivity contribution in [2.24, 2.45) is 4.99 Å². The topological polar surface area (TPSA) is 30.9 Å². The summed E-state index contributed by atoms with van der Waals surface area (Å²) in [7, 11) is 0. The molecule has 15 heavy (non-hydrogen) atoms. The molecule has 1 N–H and O–H groups in total. The lowest BCUT2D eigenvalue weighted by molar-refractivity contribution is 0.289. The van der Waals surface area contributed by atoms with Crippen LogP contribution in [0.3, 0.4) is 0 Å². The first-order chi connectivity index (χ1) is 7.43. The van der Waals surface area contributed by atoms with E-state index in [4.69, 9.17) is 0 Å². The van der Waals surface area contributed by atoms with Gasteiger partial charge in [0.2, 0.25) is 0 Å². The minimum absolute atomic E-state index is 0.568. The maximum atomic E-state index is 4.25. The van der Waals surface area contributed by atoms with Crippen LogP contribution in [0.5, 0.6) is 0 Å². The summed E-state index contributed by atoms with van der Waals surface area (Å²) in [4.78, 5) is 9.00. The van der Waals surface area contributed by atoms with Gasteiger partial charge in [0.1, 0.15) is 0 Å². The molecule has 0 spiro atoms. The van der Waals surface area contributed by atoms with Gasteiger partial charge >= 0.3 is 0 Å². The van der Waals surface area contributed by atoms with Crippen LogP contribution < -0.4 is 5.32 Å². The van der Waals surface area contributed by atoms with Gasteiger partial charge in [-0.15, -0.1) is 0 Å². The van der Waals surface area contributed by atoms with Crippen LogP contribution in [-0.2, 0) is 0 Å². The summed E-state index contributed by atoms with van der Waals surface area (Å²) in [6.45, 7) is 5.18. The summed E-state index contributed by atoms with van der Waals surface area (Å²) < 4.78 is 0. The molecular weight excluding hydrogens is 188 g/mol. The van der Waals surface area contributed by atoms with Gasteiger partial charge in [0.15, 0.2) is 0 Å². The third-order valence-corrected chi connectivity index (χ3v) is 3.22. The van der Waals surface area contributed by atoms with E-state index in [1.165, 1.54) is 5.70 Å². The van der Waals surface area contributed by atoms with Crippen molar-refractivity contribution < 1.29 is 0 Å². The summed E-state index contributed by atoms with van der Waals surface area (Å²) in [5, 5.41) is 3.25. The summed E-state index contributed by atoms with van der Waals surface area (Å²) in [6, 6.07) is 0.568. The van der Waals surface area contributed by atoms with Gasteiger partial charge in [0.05, 0.1) is 12.9 Å². The van der Waals surface area contributed by atoms with Crippen molar-refractivity contribution in [3.63, 3.8) is 0 Å². The zero-order chi connectivity index (χ0) is 10.1. The van der Waals surface area contributed by atoms with Crippen molar-refractivity contribution in [2.45, 2.75) is 6.04 Å². The SMILES string of the molecule is C1=CC(N2CC=C(N3C=NCC3)C2)CN1. The molecule has 0 bridgehead atoms. The van der Waals surface area contributed by atoms with E-state index in [9.17, 15) is 0 Å². The minimum Gasteiger partial charge on any atom is -0.389 e. The van der Waals surface area contributed by atoms with E-state index < -0.39 is 0 Å². The van der Waals surface area contributed by atoms with Crippen molar-refractivity contribution in [2.75, 3.05) is 32.7 Å². The van der Waals surface area contributed by atoms with Gasteiger partial charge in [-0.1, -0.05) is 0 Å². The van der Waals surface area contributed by atoms with Gasteiger partial charge in [-0.05, 0) is 18.4 Å². The van der Waals surface area contributed by atoms with Crippen LogP contribution in [0.4, 0.5) is 0 Å². The Hall–Kier alpha value is -1.29. The smallest absolute Gasteiger partial charge is 0.0893 e. The first-order valence-electron chi connectivity index (χ1n) is 5.53. The summed E-state index contributed by atoms with van der Waals surface area (Å²) in [5.74, 6) is 0. The van der Waals surface area contributed by atoms with E-state index in [0.29, 0.717) is 6.04 Å². The first kappa shape index (κ1) is 8.97. The quantitative estimate of drug-likeness (QED) is 0.687. The van der Waals surface area contributed by atoms with Crippen molar-refractivity contribution in [1.29, 1.82) is 0 Å². The molecule has 3 heterocycles. The molecule has 0 fully saturated rings. The Kier molecular flexibility index (Phi) is 2.21. The maximum Gasteiger partial charge on any atom is 0.0893 e. The molecule has 4 heteroatoms. The molecular formula is C11H16N4. The predicted molar refractivity (Wildman–Crippen MR) is 60.7 cm³/mol. The van der Waals surface area contributed by atoms with Crippen LogP contribution >= 0.6 is 0 Å². The lowest BCUT2D eigenvalue weighted by Crippen LogP contribution is -2.36. The highest BCUT2D eigenvalue weighted by molar-refractivity contribution is 5.60. The van der Waals surface area contributed by atoms with Crippen LogP contribution in [-0.4, -0.2) is 54.9 Å². The molecule has 80 valence electrons. The number of hydrogen-bond acceptors (Lipinski definition) is 4. The third kappa shape index (κ3) is 1.65. The van der Waals surface area contributed by atoms with Crippen LogP contribution in [0.1, 0.15) is 0 Å². The molecule has 3 aliphatic rings. The second-order valence-corrected chi connectivity index (χ2v) is 4.17. The number of nitrogens with zero attached hydrogens (tertiary/aromatic N) is 3. The van der Waals surface area contributed by atoms with E-state index in [0.717, 1.165) is 32.7 Å². The fourth-order valence-corrected chi connectivity index (χ4v) is 2.30. The predicted octanol–water partition coefficient (Wildman–Crippen LogP) is 0.0153. The Bertz CT molecular complexity index is 331. The largest absolute Gasteiger partial charge is 0.389 e. The Morgan fingerprint density at radius 1 is 1.47 bits per heavy atom. The van der Waals surface area contributed by atoms with Gasteiger partial charge in [0, 0.05) is 37.9 Å². The van der Waals surface area contributed by atoms with E-state index in [1.54, 1.807) is 0 Å². The average molecular weight is 204 g/mol. The van der Waals surface area contributed by atoms with Crippen molar-refractivity contribution in [3.05, 3.63) is 24.0 Å². The highest BCUT2D eigenvalue weighted by Crippen LogP contribution is 2.18. The van der Waals surface area contributed by atoms with Crippen molar-refractivity contribution in [3.8, 4) is 0 Å². The fraction of sp³-hybridized carbons (Fsp3) is 0.545. The van der Waals surface area contributed by atoms with Crippen molar-refractivity contribution in [1.82, 2.24) is 15.1 Å². The van der Waals surface area contributed by atoms with Crippen LogP contribution in [0, 0.1) is 0 Å². The molecule has 0 saturated carbocycles. The molecule has 0 saturated heterocycles. The van der Waals surface area contributed by atoms with E-state index in [1.807, 2.05) is 6.34 Å². The lowest BCUT2D eigenvalue weighted by atomic mass is 10.3. The Morgan fingerprint density at radius 3 is 3.20 bits per heavy atom. The van der Waals surface area contributed by atoms with Gasteiger partial charge in [-0.2, -0.15) is 0 Å². The molecule has 1 atom stereocenters. The Morgan fingerprint density at radius 2 is 2.47 bits per heavy atom. The van der Waals surface area contributed by atoms with E-state index in [-0.39, 0.29) is 0 Å². The van der Waals surface area contributed by atoms with Gasteiger partial charge in [-0.3, -0.25) is 9.89 Å². The number of aliphatic imine (C=N–C) groups is 1. The number of hydrogen-bond donors (Lipinski definition) is 1. The molecule has 1 unspecified atom stereocenters. The third-order valence-electron chi connectivity index (χ3n) is 3.22. The van der Waals surface area contributed by atoms with Crippen LogP contribution in [0.25, 0.3) is 0 Å². The first-order valence-corrected chi connectivity index (χ1v) is 5.53. The average Bonchev–Trinajstić information content (AvgIpc) is 3.02. The molecule has 3 aliphatic heterocycles. The van der Waals surface area contributed by atoms with Gasteiger partial charge < -0.3 is 10.2 Å². The standard InChI is InChI=1S/C11H16N4/c1-3-12-7-10(1)14-5-2-11(8-14)15-6-4-13-9-15/h1-3,9-10,12H,4-8H2. The molecule has 0 aliphatic carbocycles.